The van der Waals surface area contributed by atoms with Gasteiger partial charge >= 0.3 is 0 Å². The van der Waals surface area contributed by atoms with Gasteiger partial charge in [0.25, 0.3) is 5.91 Å². The maximum absolute atomic E-state index is 13.9. The lowest BCUT2D eigenvalue weighted by Crippen LogP contribution is -2.56. The Labute approximate surface area is 119 Å². The summed E-state index contributed by atoms with van der Waals surface area (Å²) in [6.07, 6.45) is 3.65. The fourth-order valence-electron chi connectivity index (χ4n) is 3.31. The minimum atomic E-state index is -0.410. The second-order valence-corrected chi connectivity index (χ2v) is 5.92. The van der Waals surface area contributed by atoms with E-state index in [1.165, 1.54) is 18.9 Å². The number of halogens is 1. The van der Waals surface area contributed by atoms with Crippen LogP contribution in [-0.4, -0.2) is 47.9 Å². The number of rotatable bonds is 1. The van der Waals surface area contributed by atoms with Crippen molar-refractivity contribution in [1.82, 2.24) is 9.80 Å². The molecule has 1 unspecified atom stereocenters. The number of hydrogen-bond acceptors (Lipinski definition) is 2. The van der Waals surface area contributed by atoms with Crippen molar-refractivity contribution in [3.8, 4) is 0 Å². The summed E-state index contributed by atoms with van der Waals surface area (Å²) in [5, 5.41) is 0. The Balaban J connectivity index is 1.76. The fourth-order valence-corrected chi connectivity index (χ4v) is 3.31. The largest absolute Gasteiger partial charge is 0.336 e. The number of aryl methyl sites for hydroxylation is 1. The molecule has 2 fully saturated rings. The number of fused-ring (bicyclic) bond motifs is 1. The topological polar surface area (TPSA) is 23.6 Å². The molecule has 20 heavy (non-hydrogen) atoms. The molecule has 4 heteroatoms. The fraction of sp³-hybridized carbons (Fsp3) is 0.562. The van der Waals surface area contributed by atoms with E-state index in [0.29, 0.717) is 12.6 Å². The monoisotopic (exact) mass is 276 g/mol. The summed E-state index contributed by atoms with van der Waals surface area (Å²) < 4.78 is 13.9. The average molecular weight is 276 g/mol. The van der Waals surface area contributed by atoms with E-state index >= 15 is 0 Å². The number of nitrogens with zero attached hydrogens (tertiary/aromatic N) is 2. The molecule has 1 aromatic carbocycles. The van der Waals surface area contributed by atoms with Crippen molar-refractivity contribution in [3.63, 3.8) is 0 Å². The van der Waals surface area contributed by atoms with Crippen LogP contribution in [-0.2, 0) is 0 Å². The average Bonchev–Trinajstić information content (AvgIpc) is 2.48. The van der Waals surface area contributed by atoms with Crippen LogP contribution in [0.2, 0.25) is 0 Å². The van der Waals surface area contributed by atoms with Crippen LogP contribution in [0.4, 0.5) is 4.39 Å². The van der Waals surface area contributed by atoms with Crippen molar-refractivity contribution in [1.29, 1.82) is 0 Å². The molecular formula is C16H21FN2O. The summed E-state index contributed by atoms with van der Waals surface area (Å²) in [5.74, 6) is -0.567. The molecule has 1 atom stereocenters. The van der Waals surface area contributed by atoms with Gasteiger partial charge in [0.1, 0.15) is 5.82 Å². The van der Waals surface area contributed by atoms with E-state index < -0.39 is 5.82 Å². The molecule has 2 saturated heterocycles. The number of piperidine rings is 1. The van der Waals surface area contributed by atoms with Crippen molar-refractivity contribution >= 4 is 5.91 Å². The molecule has 1 aromatic rings. The van der Waals surface area contributed by atoms with Crippen LogP contribution >= 0.6 is 0 Å². The van der Waals surface area contributed by atoms with E-state index in [2.05, 4.69) is 4.90 Å². The van der Waals surface area contributed by atoms with Gasteiger partial charge in [-0.2, -0.15) is 0 Å². The van der Waals surface area contributed by atoms with Crippen molar-refractivity contribution < 1.29 is 9.18 Å². The van der Waals surface area contributed by atoms with E-state index in [1.807, 2.05) is 11.8 Å². The highest BCUT2D eigenvalue weighted by Gasteiger charge is 2.32. The highest BCUT2D eigenvalue weighted by atomic mass is 19.1. The predicted molar refractivity (Wildman–Crippen MR) is 76.3 cm³/mol. The number of hydrogen-bond donors (Lipinski definition) is 0. The van der Waals surface area contributed by atoms with Crippen LogP contribution in [0.25, 0.3) is 0 Å². The summed E-state index contributed by atoms with van der Waals surface area (Å²) in [7, 11) is 0. The Morgan fingerprint density at radius 3 is 2.95 bits per heavy atom. The predicted octanol–water partition coefficient (Wildman–Crippen LogP) is 2.44. The molecule has 108 valence electrons. The molecule has 0 bridgehead atoms. The van der Waals surface area contributed by atoms with E-state index in [-0.39, 0.29) is 11.5 Å². The van der Waals surface area contributed by atoms with Gasteiger partial charge in [0.2, 0.25) is 0 Å². The van der Waals surface area contributed by atoms with E-state index in [9.17, 15) is 9.18 Å². The summed E-state index contributed by atoms with van der Waals surface area (Å²) in [5.41, 5.74) is 1.14. The molecule has 0 N–H and O–H groups in total. The second-order valence-electron chi connectivity index (χ2n) is 5.92. The number of piperazine rings is 1. The number of benzene rings is 1. The summed E-state index contributed by atoms with van der Waals surface area (Å²) in [6.45, 7) is 5.40. The number of carbonyl (C=O) groups is 1. The van der Waals surface area contributed by atoms with Crippen molar-refractivity contribution in [2.75, 3.05) is 26.2 Å². The van der Waals surface area contributed by atoms with Gasteiger partial charge in [0, 0.05) is 25.7 Å². The molecule has 0 radical (unpaired) electrons. The van der Waals surface area contributed by atoms with E-state index in [0.717, 1.165) is 31.6 Å². The van der Waals surface area contributed by atoms with Crippen LogP contribution < -0.4 is 0 Å². The smallest absolute Gasteiger partial charge is 0.256 e. The highest BCUT2D eigenvalue weighted by molar-refractivity contribution is 5.94. The Kier molecular flexibility index (Phi) is 3.74. The lowest BCUT2D eigenvalue weighted by atomic mass is 9.99. The molecule has 0 saturated carbocycles. The first-order valence-electron chi connectivity index (χ1n) is 7.44. The summed E-state index contributed by atoms with van der Waals surface area (Å²) in [4.78, 5) is 16.8. The first kappa shape index (κ1) is 13.6. The molecule has 0 aliphatic carbocycles. The zero-order valence-electron chi connectivity index (χ0n) is 11.9. The standard InChI is InChI=1S/C16H21FN2O/c1-12-5-6-15(17)14(10-12)16(20)19-9-8-18-7-3-2-4-13(18)11-19/h5-6,10,13H,2-4,7-9,11H2,1H3. The Hall–Kier alpha value is -1.42. The molecule has 3 rings (SSSR count). The lowest BCUT2D eigenvalue weighted by molar-refractivity contribution is 0.0369. The van der Waals surface area contributed by atoms with Crippen LogP contribution in [0.15, 0.2) is 18.2 Å². The summed E-state index contributed by atoms with van der Waals surface area (Å²) in [6, 6.07) is 5.21. The van der Waals surface area contributed by atoms with Crippen LogP contribution in [0.1, 0.15) is 35.2 Å². The third kappa shape index (κ3) is 2.57. The first-order chi connectivity index (χ1) is 9.65. The third-order valence-corrected chi connectivity index (χ3v) is 4.48. The molecule has 3 nitrogen and oxygen atoms in total. The quantitative estimate of drug-likeness (QED) is 0.786. The van der Waals surface area contributed by atoms with Gasteiger partial charge in [-0.3, -0.25) is 9.69 Å². The van der Waals surface area contributed by atoms with Gasteiger partial charge in [0.15, 0.2) is 0 Å². The molecule has 2 aliphatic rings. The molecular weight excluding hydrogens is 255 g/mol. The molecule has 0 spiro atoms. The van der Waals surface area contributed by atoms with Crippen molar-refractivity contribution in [3.05, 3.63) is 35.1 Å². The first-order valence-corrected chi connectivity index (χ1v) is 7.44. The Bertz CT molecular complexity index is 517. The van der Waals surface area contributed by atoms with Crippen molar-refractivity contribution in [2.45, 2.75) is 32.2 Å². The van der Waals surface area contributed by atoms with Gasteiger partial charge in [-0.05, 0) is 38.4 Å². The van der Waals surface area contributed by atoms with Gasteiger partial charge in [-0.1, -0.05) is 18.1 Å². The lowest BCUT2D eigenvalue weighted by Gasteiger charge is -2.44. The molecule has 1 amide bonds. The van der Waals surface area contributed by atoms with E-state index in [4.69, 9.17) is 0 Å². The number of amides is 1. The highest BCUT2D eigenvalue weighted by Crippen LogP contribution is 2.23. The second kappa shape index (κ2) is 5.52. The molecule has 0 aromatic heterocycles. The van der Waals surface area contributed by atoms with Crippen LogP contribution in [0.5, 0.6) is 0 Å². The minimum absolute atomic E-state index is 0.156. The zero-order chi connectivity index (χ0) is 14.1. The molecule has 2 aliphatic heterocycles. The normalized spacial score (nSPS) is 23.5. The van der Waals surface area contributed by atoms with Crippen LogP contribution in [0.3, 0.4) is 0 Å². The maximum atomic E-state index is 13.9. The van der Waals surface area contributed by atoms with Gasteiger partial charge in [-0.15, -0.1) is 0 Å². The van der Waals surface area contributed by atoms with Gasteiger partial charge in [-0.25, -0.2) is 4.39 Å². The van der Waals surface area contributed by atoms with Crippen LogP contribution in [0, 0.1) is 12.7 Å². The SMILES string of the molecule is Cc1ccc(F)c(C(=O)N2CCN3CCCCC3C2)c1. The maximum Gasteiger partial charge on any atom is 0.256 e. The van der Waals surface area contributed by atoms with E-state index in [1.54, 1.807) is 12.1 Å². The number of carbonyl (C=O) groups excluding carboxylic acids is 1. The Morgan fingerprint density at radius 1 is 1.25 bits per heavy atom. The van der Waals surface area contributed by atoms with Crippen molar-refractivity contribution in [2.24, 2.45) is 0 Å². The summed E-state index contributed by atoms with van der Waals surface area (Å²) >= 11 is 0. The third-order valence-electron chi connectivity index (χ3n) is 4.48. The molecule has 2 heterocycles. The Morgan fingerprint density at radius 2 is 2.10 bits per heavy atom. The zero-order valence-corrected chi connectivity index (χ0v) is 11.9. The minimum Gasteiger partial charge on any atom is -0.336 e. The van der Waals surface area contributed by atoms with Gasteiger partial charge < -0.3 is 4.90 Å². The van der Waals surface area contributed by atoms with Gasteiger partial charge in [0.05, 0.1) is 5.56 Å².